The second-order valence-corrected chi connectivity index (χ2v) is 3.24. The van der Waals surface area contributed by atoms with Gasteiger partial charge < -0.3 is 10.5 Å². The quantitative estimate of drug-likeness (QED) is 0.547. The zero-order valence-corrected chi connectivity index (χ0v) is 8.32. The van der Waals surface area contributed by atoms with Gasteiger partial charge in [0, 0.05) is 18.8 Å². The molecule has 14 heavy (non-hydrogen) atoms. The number of nitrogens with zero attached hydrogens (tertiary/aromatic N) is 2. The highest BCUT2D eigenvalue weighted by Gasteiger charge is 2.01. The number of nitrogens with one attached hydrogen (secondary N) is 1. The molecule has 1 rings (SSSR count). The molecular formula is C9H14N4O. The smallest absolute Gasteiger partial charge is 0.316 e. The van der Waals surface area contributed by atoms with E-state index in [1.54, 1.807) is 12.4 Å². The van der Waals surface area contributed by atoms with Crippen LogP contribution in [-0.4, -0.2) is 21.9 Å². The van der Waals surface area contributed by atoms with Crippen molar-refractivity contribution in [3.63, 3.8) is 0 Å². The van der Waals surface area contributed by atoms with Crippen LogP contribution in [0.4, 0.5) is 0 Å². The van der Waals surface area contributed by atoms with Crippen LogP contribution in [0.15, 0.2) is 12.4 Å². The summed E-state index contributed by atoms with van der Waals surface area (Å²) in [5, 5.41) is 7.09. The van der Waals surface area contributed by atoms with Crippen LogP contribution in [-0.2, 0) is 6.42 Å². The van der Waals surface area contributed by atoms with Gasteiger partial charge in [-0.1, -0.05) is 0 Å². The van der Waals surface area contributed by atoms with E-state index in [1.165, 1.54) is 0 Å². The summed E-state index contributed by atoms with van der Waals surface area (Å²) >= 11 is 0. The highest BCUT2D eigenvalue weighted by Crippen LogP contribution is 2.04. The summed E-state index contributed by atoms with van der Waals surface area (Å²) in [5.74, 6) is 0.103. The van der Waals surface area contributed by atoms with E-state index in [1.807, 2.05) is 13.8 Å². The average molecular weight is 194 g/mol. The van der Waals surface area contributed by atoms with Crippen molar-refractivity contribution in [1.82, 2.24) is 9.97 Å². The van der Waals surface area contributed by atoms with Crippen LogP contribution in [0.25, 0.3) is 0 Å². The SMILES string of the molecule is CC(C)Oc1ncc(CC(=N)N)cn1. The minimum Gasteiger partial charge on any atom is -0.461 e. The van der Waals surface area contributed by atoms with Gasteiger partial charge in [0.25, 0.3) is 0 Å². The number of aromatic nitrogens is 2. The Morgan fingerprint density at radius 1 is 1.50 bits per heavy atom. The third-order valence-corrected chi connectivity index (χ3v) is 1.42. The van der Waals surface area contributed by atoms with E-state index in [2.05, 4.69) is 9.97 Å². The molecule has 1 aromatic rings. The van der Waals surface area contributed by atoms with E-state index in [4.69, 9.17) is 15.9 Å². The molecule has 0 saturated carbocycles. The molecule has 76 valence electrons. The number of hydrogen-bond donors (Lipinski definition) is 2. The fourth-order valence-corrected chi connectivity index (χ4v) is 0.926. The molecule has 0 spiro atoms. The van der Waals surface area contributed by atoms with Gasteiger partial charge in [-0.15, -0.1) is 0 Å². The first kappa shape index (κ1) is 10.4. The number of rotatable bonds is 4. The maximum absolute atomic E-state index is 7.09. The minimum absolute atomic E-state index is 0.0636. The molecule has 3 N–H and O–H groups in total. The molecule has 0 aromatic carbocycles. The predicted molar refractivity (Wildman–Crippen MR) is 53.4 cm³/mol. The van der Waals surface area contributed by atoms with E-state index >= 15 is 0 Å². The lowest BCUT2D eigenvalue weighted by Crippen LogP contribution is -2.13. The lowest BCUT2D eigenvalue weighted by atomic mass is 10.2. The van der Waals surface area contributed by atoms with Gasteiger partial charge in [-0.3, -0.25) is 5.41 Å². The number of amidine groups is 1. The van der Waals surface area contributed by atoms with E-state index in [9.17, 15) is 0 Å². The summed E-state index contributed by atoms with van der Waals surface area (Å²) in [5.41, 5.74) is 6.05. The molecule has 1 heterocycles. The van der Waals surface area contributed by atoms with Crippen LogP contribution < -0.4 is 10.5 Å². The first-order valence-electron chi connectivity index (χ1n) is 4.38. The van der Waals surface area contributed by atoms with Crippen LogP contribution in [0, 0.1) is 5.41 Å². The Bertz CT molecular complexity index is 307. The molecule has 0 unspecified atom stereocenters. The molecule has 0 radical (unpaired) electrons. The Labute approximate surface area is 82.8 Å². The molecule has 0 saturated heterocycles. The van der Waals surface area contributed by atoms with Gasteiger partial charge in [-0.2, -0.15) is 0 Å². The van der Waals surface area contributed by atoms with Crippen molar-refractivity contribution >= 4 is 5.84 Å². The fourth-order valence-electron chi connectivity index (χ4n) is 0.926. The lowest BCUT2D eigenvalue weighted by molar-refractivity contribution is 0.222. The van der Waals surface area contributed by atoms with Gasteiger partial charge in [-0.25, -0.2) is 9.97 Å². The first-order chi connectivity index (χ1) is 6.58. The van der Waals surface area contributed by atoms with Crippen molar-refractivity contribution in [1.29, 1.82) is 5.41 Å². The maximum atomic E-state index is 7.09. The fraction of sp³-hybridized carbons (Fsp3) is 0.444. The number of hydrogen-bond acceptors (Lipinski definition) is 4. The van der Waals surface area contributed by atoms with Crippen molar-refractivity contribution in [2.45, 2.75) is 26.4 Å². The van der Waals surface area contributed by atoms with Gasteiger partial charge in [0.2, 0.25) is 0 Å². The Balaban J connectivity index is 2.63. The van der Waals surface area contributed by atoms with Crippen molar-refractivity contribution in [3.05, 3.63) is 18.0 Å². The molecule has 0 aliphatic carbocycles. The molecular weight excluding hydrogens is 180 g/mol. The van der Waals surface area contributed by atoms with Crippen molar-refractivity contribution in [3.8, 4) is 6.01 Å². The summed E-state index contributed by atoms with van der Waals surface area (Å²) in [4.78, 5) is 7.97. The zero-order chi connectivity index (χ0) is 10.6. The molecule has 1 aromatic heterocycles. The highest BCUT2D eigenvalue weighted by molar-refractivity contribution is 5.79. The van der Waals surface area contributed by atoms with Gasteiger partial charge in [-0.05, 0) is 19.4 Å². The highest BCUT2D eigenvalue weighted by atomic mass is 16.5. The zero-order valence-electron chi connectivity index (χ0n) is 8.32. The molecule has 0 aliphatic rings. The van der Waals surface area contributed by atoms with Crippen LogP contribution in [0.3, 0.4) is 0 Å². The van der Waals surface area contributed by atoms with Gasteiger partial charge in [0.15, 0.2) is 0 Å². The van der Waals surface area contributed by atoms with E-state index in [-0.39, 0.29) is 11.9 Å². The normalized spacial score (nSPS) is 10.2. The van der Waals surface area contributed by atoms with Gasteiger partial charge in [0.05, 0.1) is 11.9 Å². The first-order valence-corrected chi connectivity index (χ1v) is 4.38. The Morgan fingerprint density at radius 2 is 2.07 bits per heavy atom. The van der Waals surface area contributed by atoms with Crippen molar-refractivity contribution in [2.75, 3.05) is 0 Å². The second-order valence-electron chi connectivity index (χ2n) is 3.24. The Kier molecular flexibility index (Phi) is 3.39. The Morgan fingerprint density at radius 3 is 2.50 bits per heavy atom. The molecule has 0 bridgehead atoms. The van der Waals surface area contributed by atoms with E-state index in [0.29, 0.717) is 12.4 Å². The van der Waals surface area contributed by atoms with Crippen LogP contribution in [0.5, 0.6) is 6.01 Å². The standard InChI is InChI=1S/C9H14N4O/c1-6(2)14-9-12-4-7(5-13-9)3-8(10)11/h4-6H,3H2,1-2H3,(H3,10,11). The van der Waals surface area contributed by atoms with Gasteiger partial charge in [0.1, 0.15) is 0 Å². The molecule has 0 fully saturated rings. The largest absolute Gasteiger partial charge is 0.461 e. The predicted octanol–water partition coefficient (Wildman–Crippen LogP) is 0.742. The summed E-state index contributed by atoms with van der Waals surface area (Å²) < 4.78 is 5.27. The average Bonchev–Trinajstić information content (AvgIpc) is 2.06. The van der Waals surface area contributed by atoms with Crippen LogP contribution >= 0.6 is 0 Å². The third kappa shape index (κ3) is 3.38. The topological polar surface area (TPSA) is 84.9 Å². The summed E-state index contributed by atoms with van der Waals surface area (Å²) in [7, 11) is 0. The van der Waals surface area contributed by atoms with Crippen molar-refractivity contribution in [2.24, 2.45) is 5.73 Å². The van der Waals surface area contributed by atoms with E-state index in [0.717, 1.165) is 5.56 Å². The summed E-state index contributed by atoms with van der Waals surface area (Å²) in [6.07, 6.45) is 3.67. The monoisotopic (exact) mass is 194 g/mol. The minimum atomic E-state index is 0.0636. The molecule has 5 heteroatoms. The van der Waals surface area contributed by atoms with Crippen LogP contribution in [0.1, 0.15) is 19.4 Å². The maximum Gasteiger partial charge on any atom is 0.316 e. The summed E-state index contributed by atoms with van der Waals surface area (Å²) in [6, 6.07) is 0.354. The van der Waals surface area contributed by atoms with Crippen molar-refractivity contribution < 1.29 is 4.74 Å². The number of nitrogens with two attached hydrogens (primary N) is 1. The van der Waals surface area contributed by atoms with Crippen LogP contribution in [0.2, 0.25) is 0 Å². The molecule has 0 atom stereocenters. The molecule has 0 amide bonds. The lowest BCUT2D eigenvalue weighted by Gasteiger charge is -2.07. The summed E-state index contributed by atoms with van der Waals surface area (Å²) in [6.45, 7) is 3.82. The number of ether oxygens (including phenoxy) is 1. The third-order valence-electron chi connectivity index (χ3n) is 1.42. The van der Waals surface area contributed by atoms with Gasteiger partial charge >= 0.3 is 6.01 Å². The van der Waals surface area contributed by atoms with E-state index < -0.39 is 0 Å². The Hall–Kier alpha value is -1.65. The molecule has 0 aliphatic heterocycles. The second kappa shape index (κ2) is 4.55. The molecule has 5 nitrogen and oxygen atoms in total.